The van der Waals surface area contributed by atoms with Gasteiger partial charge in [-0.1, -0.05) is 0 Å². The molecule has 1 aliphatic heterocycles. The Kier molecular flexibility index (Phi) is 6.32. The molecule has 2 heterocycles. The largest absolute Gasteiger partial charge is 0.383 e. The molecule has 0 radical (unpaired) electrons. The number of hydrogen-bond donors (Lipinski definition) is 0. The summed E-state index contributed by atoms with van der Waals surface area (Å²) in [7, 11) is 1.50. The lowest BCUT2D eigenvalue weighted by Gasteiger charge is -2.34. The van der Waals surface area contributed by atoms with E-state index < -0.39 is 17.5 Å². The van der Waals surface area contributed by atoms with E-state index in [0.717, 1.165) is 12.1 Å². The monoisotopic (exact) mass is 406 g/mol. The van der Waals surface area contributed by atoms with E-state index in [1.54, 1.807) is 0 Å². The van der Waals surface area contributed by atoms with E-state index in [1.807, 2.05) is 0 Å². The van der Waals surface area contributed by atoms with E-state index in [4.69, 9.17) is 4.74 Å². The summed E-state index contributed by atoms with van der Waals surface area (Å²) < 4.78 is 32.5. The number of halogens is 2. The second-order valence-corrected chi connectivity index (χ2v) is 6.49. The van der Waals surface area contributed by atoms with Crippen molar-refractivity contribution in [3.63, 3.8) is 0 Å². The van der Waals surface area contributed by atoms with Crippen molar-refractivity contribution in [2.24, 2.45) is 0 Å². The van der Waals surface area contributed by atoms with Crippen LogP contribution in [0.3, 0.4) is 0 Å². The zero-order valence-electron chi connectivity index (χ0n) is 15.8. The van der Waals surface area contributed by atoms with Crippen molar-refractivity contribution in [2.75, 3.05) is 39.9 Å². The fourth-order valence-corrected chi connectivity index (χ4v) is 2.99. The van der Waals surface area contributed by atoms with Gasteiger partial charge in [-0.2, -0.15) is 5.10 Å². The molecule has 2 aromatic rings. The van der Waals surface area contributed by atoms with Crippen LogP contribution in [-0.4, -0.2) is 71.3 Å². The molecule has 1 aliphatic rings. The van der Waals surface area contributed by atoms with Crippen LogP contribution in [0.15, 0.2) is 35.1 Å². The van der Waals surface area contributed by atoms with Crippen LogP contribution in [0, 0.1) is 11.6 Å². The van der Waals surface area contributed by atoms with E-state index in [1.165, 1.54) is 39.8 Å². The molecule has 0 spiro atoms. The van der Waals surface area contributed by atoms with Gasteiger partial charge in [-0.3, -0.25) is 14.4 Å². The summed E-state index contributed by atoms with van der Waals surface area (Å²) in [5.41, 5.74) is -0.155. The van der Waals surface area contributed by atoms with Crippen LogP contribution in [0.1, 0.15) is 20.8 Å². The average Bonchev–Trinajstić information content (AvgIpc) is 2.74. The first-order chi connectivity index (χ1) is 13.9. The third-order valence-electron chi connectivity index (χ3n) is 4.61. The Morgan fingerprint density at radius 2 is 1.66 bits per heavy atom. The van der Waals surface area contributed by atoms with Gasteiger partial charge in [-0.25, -0.2) is 13.5 Å². The van der Waals surface area contributed by atoms with Crippen LogP contribution >= 0.6 is 0 Å². The molecule has 3 rings (SSSR count). The highest BCUT2D eigenvalue weighted by atomic mass is 19.2. The van der Waals surface area contributed by atoms with Gasteiger partial charge in [-0.15, -0.1) is 0 Å². The number of piperazine rings is 1. The molecule has 0 saturated carbocycles. The third-order valence-corrected chi connectivity index (χ3v) is 4.61. The highest BCUT2D eigenvalue weighted by Gasteiger charge is 2.27. The predicted molar refractivity (Wildman–Crippen MR) is 98.5 cm³/mol. The molecule has 1 fully saturated rings. The van der Waals surface area contributed by atoms with Gasteiger partial charge in [-0.05, 0) is 24.3 Å². The molecule has 0 atom stereocenters. The van der Waals surface area contributed by atoms with E-state index in [-0.39, 0.29) is 62.1 Å². The summed E-state index contributed by atoms with van der Waals surface area (Å²) in [4.78, 5) is 40.0. The summed E-state index contributed by atoms with van der Waals surface area (Å²) in [6.45, 7) is 1.52. The molecule has 0 bridgehead atoms. The van der Waals surface area contributed by atoms with Crippen LogP contribution in [-0.2, 0) is 11.3 Å². The third kappa shape index (κ3) is 4.65. The number of carbonyl (C=O) groups is 2. The van der Waals surface area contributed by atoms with Crippen molar-refractivity contribution in [1.29, 1.82) is 0 Å². The Bertz CT molecular complexity index is 971. The van der Waals surface area contributed by atoms with E-state index >= 15 is 0 Å². The van der Waals surface area contributed by atoms with Gasteiger partial charge in [0.2, 0.25) is 0 Å². The van der Waals surface area contributed by atoms with Gasteiger partial charge < -0.3 is 14.5 Å². The summed E-state index contributed by atoms with van der Waals surface area (Å²) in [6.07, 6.45) is 0. The van der Waals surface area contributed by atoms with E-state index in [2.05, 4.69) is 5.10 Å². The summed E-state index contributed by atoms with van der Waals surface area (Å²) in [5.74, 6) is -2.88. The number of methoxy groups -OCH3 is 1. The molecular formula is C19H20F2N4O4. The predicted octanol–water partition coefficient (Wildman–Crippen LogP) is 0.766. The molecule has 10 heteroatoms. The van der Waals surface area contributed by atoms with Crippen LogP contribution in [0.4, 0.5) is 8.78 Å². The molecule has 1 saturated heterocycles. The van der Waals surface area contributed by atoms with Crippen LogP contribution in [0.25, 0.3) is 0 Å². The molecule has 1 aromatic heterocycles. The molecule has 0 N–H and O–H groups in total. The molecule has 2 amide bonds. The van der Waals surface area contributed by atoms with Gasteiger partial charge in [0.25, 0.3) is 17.4 Å². The number of benzene rings is 1. The Labute approximate surface area is 165 Å². The average molecular weight is 406 g/mol. The number of aromatic nitrogens is 2. The van der Waals surface area contributed by atoms with Gasteiger partial charge in [0, 0.05) is 44.9 Å². The fourth-order valence-electron chi connectivity index (χ4n) is 2.99. The van der Waals surface area contributed by atoms with Crippen molar-refractivity contribution in [3.8, 4) is 0 Å². The number of nitrogens with zero attached hydrogens (tertiary/aromatic N) is 4. The first-order valence-electron chi connectivity index (χ1n) is 9.01. The topological polar surface area (TPSA) is 84.7 Å². The van der Waals surface area contributed by atoms with Crippen molar-refractivity contribution in [1.82, 2.24) is 19.6 Å². The lowest BCUT2D eigenvalue weighted by Crippen LogP contribution is -2.51. The highest BCUT2D eigenvalue weighted by Crippen LogP contribution is 2.14. The molecule has 154 valence electrons. The summed E-state index contributed by atoms with van der Waals surface area (Å²) in [5, 5.41) is 4.08. The van der Waals surface area contributed by atoms with E-state index in [0.29, 0.717) is 0 Å². The maximum atomic E-state index is 13.4. The minimum absolute atomic E-state index is 0.0514. The molecule has 29 heavy (non-hydrogen) atoms. The Hall–Kier alpha value is -3.14. The highest BCUT2D eigenvalue weighted by molar-refractivity contribution is 5.95. The van der Waals surface area contributed by atoms with E-state index in [9.17, 15) is 23.2 Å². The molecule has 0 aliphatic carbocycles. The second-order valence-electron chi connectivity index (χ2n) is 6.49. The number of carbonyl (C=O) groups excluding carboxylic acids is 2. The van der Waals surface area contributed by atoms with Crippen LogP contribution in [0.5, 0.6) is 0 Å². The van der Waals surface area contributed by atoms with Crippen LogP contribution in [0.2, 0.25) is 0 Å². The van der Waals surface area contributed by atoms with Gasteiger partial charge in [0.15, 0.2) is 11.6 Å². The lowest BCUT2D eigenvalue weighted by atomic mass is 10.1. The van der Waals surface area contributed by atoms with Crippen molar-refractivity contribution in [2.45, 2.75) is 6.54 Å². The minimum Gasteiger partial charge on any atom is -0.383 e. The van der Waals surface area contributed by atoms with Gasteiger partial charge in [0.05, 0.1) is 13.2 Å². The lowest BCUT2D eigenvalue weighted by molar-refractivity contribution is 0.0530. The van der Waals surface area contributed by atoms with Crippen molar-refractivity contribution in [3.05, 3.63) is 63.6 Å². The number of ether oxygens (including phenoxy) is 1. The maximum Gasteiger partial charge on any atom is 0.274 e. The molecule has 0 unspecified atom stereocenters. The number of amides is 2. The second kappa shape index (κ2) is 8.91. The van der Waals surface area contributed by atoms with Crippen molar-refractivity contribution >= 4 is 11.8 Å². The summed E-state index contributed by atoms with van der Waals surface area (Å²) >= 11 is 0. The minimum atomic E-state index is -1.08. The zero-order chi connectivity index (χ0) is 21.0. The van der Waals surface area contributed by atoms with Crippen LogP contribution < -0.4 is 5.56 Å². The number of rotatable bonds is 5. The van der Waals surface area contributed by atoms with Crippen molar-refractivity contribution < 1.29 is 23.1 Å². The smallest absolute Gasteiger partial charge is 0.274 e. The first kappa shape index (κ1) is 20.6. The van der Waals surface area contributed by atoms with Gasteiger partial charge in [0.1, 0.15) is 5.69 Å². The SMILES string of the molecule is COCCn1nc(C(=O)N2CCN(C(=O)c3ccc(F)c(F)c3)CC2)ccc1=O. The quantitative estimate of drug-likeness (QED) is 0.732. The number of hydrogen-bond acceptors (Lipinski definition) is 5. The molecule has 8 nitrogen and oxygen atoms in total. The maximum absolute atomic E-state index is 13.4. The molecular weight excluding hydrogens is 386 g/mol. The van der Waals surface area contributed by atoms with Gasteiger partial charge >= 0.3 is 0 Å². The normalized spacial score (nSPS) is 14.2. The zero-order valence-corrected chi connectivity index (χ0v) is 15.8. The Morgan fingerprint density at radius 1 is 1.00 bits per heavy atom. The standard InChI is InChI=1S/C19H20F2N4O4/c1-29-11-10-25-17(26)5-4-16(22-25)19(28)24-8-6-23(7-9-24)18(27)13-2-3-14(20)15(21)12-13/h2-5,12H,6-11H2,1H3. The Morgan fingerprint density at radius 3 is 2.28 bits per heavy atom. The molecule has 1 aromatic carbocycles. The summed E-state index contributed by atoms with van der Waals surface area (Å²) in [6, 6.07) is 5.64. The Balaban J connectivity index is 1.64. The fraction of sp³-hybridized carbons (Fsp3) is 0.368. The first-order valence-corrected chi connectivity index (χ1v) is 9.01.